The van der Waals surface area contributed by atoms with Crippen molar-refractivity contribution in [3.63, 3.8) is 0 Å². The van der Waals surface area contributed by atoms with Crippen molar-refractivity contribution in [3.05, 3.63) is 48.3 Å². The van der Waals surface area contributed by atoms with Crippen LogP contribution in [0.4, 0.5) is 0 Å². The van der Waals surface area contributed by atoms with Crippen LogP contribution in [-0.2, 0) is 9.84 Å². The Kier molecular flexibility index (Phi) is 3.69. The van der Waals surface area contributed by atoms with Crippen molar-refractivity contribution in [1.82, 2.24) is 14.9 Å². The number of sulfone groups is 1. The first-order valence-electron chi connectivity index (χ1n) is 7.91. The zero-order chi connectivity index (χ0) is 17.7. The molecule has 0 aliphatic carbocycles. The number of hydrogen-bond donors (Lipinski definition) is 1. The molecule has 3 aromatic rings. The molecule has 4 rings (SSSR count). The molecule has 0 bridgehead atoms. The van der Waals surface area contributed by atoms with Crippen LogP contribution >= 0.6 is 11.3 Å². The number of carbonyl (C=O) groups excluding carboxylic acids is 1. The molecule has 1 aliphatic rings. The van der Waals surface area contributed by atoms with Crippen molar-refractivity contribution >= 4 is 37.3 Å². The largest absolute Gasteiger partial charge is 0.346 e. The molecule has 0 spiro atoms. The molecule has 1 unspecified atom stereocenters. The van der Waals surface area contributed by atoms with Gasteiger partial charge in [0.05, 0.1) is 27.3 Å². The van der Waals surface area contributed by atoms with E-state index in [0.717, 1.165) is 15.3 Å². The molecule has 25 heavy (non-hydrogen) atoms. The molecule has 0 radical (unpaired) electrons. The lowest BCUT2D eigenvalue weighted by Crippen LogP contribution is -2.46. The normalized spacial score (nSPS) is 22.3. The minimum absolute atomic E-state index is 0.00762. The van der Waals surface area contributed by atoms with Crippen molar-refractivity contribution in [2.24, 2.45) is 0 Å². The lowest BCUT2D eigenvalue weighted by Gasteiger charge is -2.23. The van der Waals surface area contributed by atoms with Gasteiger partial charge in [-0.05, 0) is 43.7 Å². The third-order valence-corrected chi connectivity index (χ3v) is 7.32. The first kappa shape index (κ1) is 16.3. The summed E-state index contributed by atoms with van der Waals surface area (Å²) in [6.45, 7) is 1.78. The molecule has 0 saturated carbocycles. The Bertz CT molecular complexity index is 1050. The summed E-state index contributed by atoms with van der Waals surface area (Å²) in [4.78, 5) is 17.1. The fourth-order valence-electron chi connectivity index (χ4n) is 3.08. The smallest absolute Gasteiger partial charge is 0.251 e. The first-order chi connectivity index (χ1) is 11.8. The summed E-state index contributed by atoms with van der Waals surface area (Å²) in [5, 5.41) is 3.73. The summed E-state index contributed by atoms with van der Waals surface area (Å²) in [7, 11) is -3.06. The van der Waals surface area contributed by atoms with Gasteiger partial charge in [0.1, 0.15) is 0 Å². The van der Waals surface area contributed by atoms with Crippen molar-refractivity contribution in [3.8, 4) is 5.13 Å². The minimum Gasteiger partial charge on any atom is -0.346 e. The molecule has 1 aliphatic heterocycles. The van der Waals surface area contributed by atoms with E-state index in [2.05, 4.69) is 10.3 Å². The Hall–Kier alpha value is -2.19. The quantitative estimate of drug-likeness (QED) is 0.762. The average Bonchev–Trinajstić information content (AvgIpc) is 3.25. The fourth-order valence-corrected chi connectivity index (χ4v) is 6.15. The van der Waals surface area contributed by atoms with Crippen LogP contribution in [0.3, 0.4) is 0 Å². The summed E-state index contributed by atoms with van der Waals surface area (Å²) in [6.07, 6.45) is 4.29. The number of amides is 1. The Morgan fingerprint density at radius 1 is 1.32 bits per heavy atom. The summed E-state index contributed by atoms with van der Waals surface area (Å²) in [5.41, 5.74) is 0.648. The summed E-state index contributed by atoms with van der Waals surface area (Å²) in [5.74, 6) is -0.137. The maximum absolute atomic E-state index is 12.6. The van der Waals surface area contributed by atoms with Gasteiger partial charge in [-0.15, -0.1) is 0 Å². The lowest BCUT2D eigenvalue weighted by atomic mass is 10.0. The van der Waals surface area contributed by atoms with Crippen molar-refractivity contribution in [1.29, 1.82) is 0 Å². The number of nitrogens with one attached hydrogen (secondary N) is 1. The SMILES string of the molecule is CC1(NC(=O)c2ccc3nc(-n4cccc4)sc3c2)CCS(=O)(=O)C1. The molecule has 1 N–H and O–H groups in total. The molecular weight excluding hydrogens is 358 g/mol. The van der Waals surface area contributed by atoms with Crippen molar-refractivity contribution in [2.45, 2.75) is 18.9 Å². The van der Waals surface area contributed by atoms with Gasteiger partial charge < -0.3 is 9.88 Å². The van der Waals surface area contributed by atoms with Crippen LogP contribution in [0.2, 0.25) is 0 Å². The number of thiazole rings is 1. The van der Waals surface area contributed by atoms with Gasteiger partial charge in [0.2, 0.25) is 0 Å². The molecule has 2 aromatic heterocycles. The van der Waals surface area contributed by atoms with Crippen LogP contribution in [-0.4, -0.2) is 40.9 Å². The molecule has 1 amide bonds. The van der Waals surface area contributed by atoms with E-state index in [1.807, 2.05) is 41.2 Å². The van der Waals surface area contributed by atoms with E-state index in [9.17, 15) is 13.2 Å². The fraction of sp³-hybridized carbons (Fsp3) is 0.294. The molecule has 8 heteroatoms. The van der Waals surface area contributed by atoms with Crippen LogP contribution in [0.1, 0.15) is 23.7 Å². The second-order valence-electron chi connectivity index (χ2n) is 6.63. The summed E-state index contributed by atoms with van der Waals surface area (Å²) < 4.78 is 26.2. The number of fused-ring (bicyclic) bond motifs is 1. The van der Waals surface area contributed by atoms with Gasteiger partial charge in [0.25, 0.3) is 5.91 Å². The van der Waals surface area contributed by atoms with E-state index >= 15 is 0 Å². The molecule has 130 valence electrons. The Balaban J connectivity index is 1.60. The molecule has 3 heterocycles. The van der Waals surface area contributed by atoms with Gasteiger partial charge >= 0.3 is 0 Å². The highest BCUT2D eigenvalue weighted by Crippen LogP contribution is 2.27. The lowest BCUT2D eigenvalue weighted by molar-refractivity contribution is 0.0915. The van der Waals surface area contributed by atoms with Crippen LogP contribution < -0.4 is 5.32 Å². The van der Waals surface area contributed by atoms with Gasteiger partial charge in [-0.25, -0.2) is 13.4 Å². The second kappa shape index (κ2) is 5.67. The van der Waals surface area contributed by atoms with E-state index < -0.39 is 15.4 Å². The standard InChI is InChI=1S/C17H17N3O3S2/c1-17(6-9-25(22,23)11-17)19-15(21)12-4-5-13-14(10-12)24-16(18-13)20-7-2-3-8-20/h2-5,7-8,10H,6,9,11H2,1H3,(H,19,21). The monoisotopic (exact) mass is 375 g/mol. The molecular formula is C17H17N3O3S2. The van der Waals surface area contributed by atoms with E-state index in [0.29, 0.717) is 12.0 Å². The molecule has 1 fully saturated rings. The minimum atomic E-state index is -3.06. The van der Waals surface area contributed by atoms with E-state index in [1.54, 1.807) is 13.0 Å². The van der Waals surface area contributed by atoms with Crippen LogP contribution in [0.15, 0.2) is 42.7 Å². The highest BCUT2D eigenvalue weighted by molar-refractivity contribution is 7.91. The first-order valence-corrected chi connectivity index (χ1v) is 10.5. The Labute approximate surface area is 149 Å². The van der Waals surface area contributed by atoms with Crippen LogP contribution in [0, 0.1) is 0 Å². The van der Waals surface area contributed by atoms with Gasteiger partial charge in [-0.1, -0.05) is 11.3 Å². The molecule has 1 atom stereocenters. The maximum Gasteiger partial charge on any atom is 0.251 e. The number of benzene rings is 1. The van der Waals surface area contributed by atoms with Gasteiger partial charge in [-0.2, -0.15) is 0 Å². The summed E-state index contributed by atoms with van der Waals surface area (Å²) in [6, 6.07) is 9.22. The van der Waals surface area contributed by atoms with Crippen LogP contribution in [0.25, 0.3) is 15.3 Å². The highest BCUT2D eigenvalue weighted by Gasteiger charge is 2.39. The molecule has 6 nitrogen and oxygen atoms in total. The molecule has 1 saturated heterocycles. The van der Waals surface area contributed by atoms with Gasteiger partial charge in [0.15, 0.2) is 15.0 Å². The molecule has 1 aromatic carbocycles. The predicted octanol–water partition coefficient (Wildman–Crippen LogP) is 2.39. The number of carbonyl (C=O) groups is 1. The van der Waals surface area contributed by atoms with E-state index in [-0.39, 0.29) is 17.4 Å². The number of aromatic nitrogens is 2. The number of hydrogen-bond acceptors (Lipinski definition) is 5. The predicted molar refractivity (Wildman–Crippen MR) is 98.1 cm³/mol. The van der Waals surface area contributed by atoms with Crippen molar-refractivity contribution < 1.29 is 13.2 Å². The zero-order valence-corrected chi connectivity index (χ0v) is 15.2. The average molecular weight is 375 g/mol. The maximum atomic E-state index is 12.6. The topological polar surface area (TPSA) is 81.1 Å². The van der Waals surface area contributed by atoms with E-state index in [4.69, 9.17) is 0 Å². The second-order valence-corrected chi connectivity index (χ2v) is 9.82. The van der Waals surface area contributed by atoms with Crippen LogP contribution in [0.5, 0.6) is 0 Å². The Morgan fingerprint density at radius 2 is 2.08 bits per heavy atom. The highest BCUT2D eigenvalue weighted by atomic mass is 32.2. The third-order valence-electron chi connectivity index (χ3n) is 4.38. The third kappa shape index (κ3) is 3.19. The number of rotatable bonds is 3. The Morgan fingerprint density at radius 3 is 2.76 bits per heavy atom. The van der Waals surface area contributed by atoms with E-state index in [1.165, 1.54) is 11.3 Å². The number of nitrogens with zero attached hydrogens (tertiary/aromatic N) is 2. The zero-order valence-electron chi connectivity index (χ0n) is 13.6. The van der Waals surface area contributed by atoms with Gasteiger partial charge in [-0.3, -0.25) is 4.79 Å². The summed E-state index contributed by atoms with van der Waals surface area (Å²) >= 11 is 1.50. The van der Waals surface area contributed by atoms with Gasteiger partial charge in [0, 0.05) is 18.0 Å². The van der Waals surface area contributed by atoms with Crippen molar-refractivity contribution in [2.75, 3.05) is 11.5 Å².